The van der Waals surface area contributed by atoms with Crippen molar-refractivity contribution < 1.29 is 0 Å². The molecule has 2 aliphatic carbocycles. The van der Waals surface area contributed by atoms with E-state index in [9.17, 15) is 0 Å². The number of para-hydroxylation sites is 4. The fourth-order valence-corrected chi connectivity index (χ4v) is 15.7. The van der Waals surface area contributed by atoms with E-state index in [2.05, 4.69) is 377 Å². The van der Waals surface area contributed by atoms with E-state index in [1.165, 1.54) is 143 Å². The molecular weight excluding hydrogens is 1130 g/mol. The van der Waals surface area contributed by atoms with Gasteiger partial charge in [0.15, 0.2) is 0 Å². The van der Waals surface area contributed by atoms with E-state index < -0.39 is 0 Å². The summed E-state index contributed by atoms with van der Waals surface area (Å²) in [5.74, 6) is 0. The Hall–Kier alpha value is -11.6. The van der Waals surface area contributed by atoms with Gasteiger partial charge in [-0.25, -0.2) is 0 Å². The zero-order valence-electron chi connectivity index (χ0n) is 53.2. The Morgan fingerprint density at radius 1 is 0.202 bits per heavy atom. The molecule has 2 aliphatic rings. The van der Waals surface area contributed by atoms with Crippen molar-refractivity contribution in [3.63, 3.8) is 0 Å². The lowest BCUT2D eigenvalue weighted by Crippen LogP contribution is -2.18. The number of hydrogen-bond acceptors (Lipinski definition) is 2. The van der Waals surface area contributed by atoms with Crippen LogP contribution in [0.25, 0.3) is 109 Å². The second kappa shape index (κ2) is 22.7. The molecular formula is C92H68N2. The first-order valence-electron chi connectivity index (χ1n) is 32.9. The fraction of sp³-hybridized carbons (Fsp3) is 0.0652. The number of nitrogens with zero attached hydrogens (tertiary/aromatic N) is 2. The maximum Gasteiger partial charge on any atom is 0.0543 e. The molecule has 0 bridgehead atoms. The minimum absolute atomic E-state index is 0.186. The lowest BCUT2D eigenvalue weighted by molar-refractivity contribution is 0.652. The van der Waals surface area contributed by atoms with Gasteiger partial charge in [-0.3, -0.25) is 0 Å². The smallest absolute Gasteiger partial charge is 0.0543 e. The van der Waals surface area contributed by atoms with Crippen LogP contribution in [0.4, 0.5) is 34.1 Å². The predicted molar refractivity (Wildman–Crippen MR) is 401 cm³/mol. The van der Waals surface area contributed by atoms with Gasteiger partial charge >= 0.3 is 0 Å². The maximum absolute atomic E-state index is 2.54. The molecule has 94 heavy (non-hydrogen) atoms. The van der Waals surface area contributed by atoms with Crippen LogP contribution in [0.2, 0.25) is 0 Å². The van der Waals surface area contributed by atoms with E-state index in [4.69, 9.17) is 0 Å². The van der Waals surface area contributed by atoms with Crippen molar-refractivity contribution in [2.75, 3.05) is 9.80 Å². The summed E-state index contributed by atoms with van der Waals surface area (Å²) in [5.41, 5.74) is 25.1. The summed E-state index contributed by atoms with van der Waals surface area (Å²) in [6, 6.07) is 124. The summed E-state index contributed by atoms with van der Waals surface area (Å²) in [5, 5.41) is 12.8. The molecule has 18 rings (SSSR count). The van der Waals surface area contributed by atoms with Gasteiger partial charge in [0, 0.05) is 44.7 Å². The normalized spacial score (nSPS) is 13.1. The lowest BCUT2D eigenvalue weighted by Gasteiger charge is -2.29. The van der Waals surface area contributed by atoms with Gasteiger partial charge in [-0.2, -0.15) is 0 Å². The third kappa shape index (κ3) is 9.31. The van der Waals surface area contributed by atoms with Crippen LogP contribution in [-0.2, 0) is 10.8 Å². The highest BCUT2D eigenvalue weighted by molar-refractivity contribution is 6.22. The second-order valence-corrected chi connectivity index (χ2v) is 26.3. The molecule has 0 heterocycles. The van der Waals surface area contributed by atoms with Gasteiger partial charge in [-0.15, -0.1) is 0 Å². The minimum atomic E-state index is -0.207. The molecule has 0 aliphatic heterocycles. The van der Waals surface area contributed by atoms with E-state index in [0.717, 1.165) is 22.7 Å². The summed E-state index contributed by atoms with van der Waals surface area (Å²) >= 11 is 0. The van der Waals surface area contributed by atoms with Crippen molar-refractivity contribution in [2.24, 2.45) is 0 Å². The molecule has 16 aromatic carbocycles. The molecule has 2 heteroatoms. The molecule has 0 N–H and O–H groups in total. The monoisotopic (exact) mass is 1200 g/mol. The Morgan fingerprint density at radius 3 is 1.18 bits per heavy atom. The van der Waals surface area contributed by atoms with Crippen molar-refractivity contribution in [1.29, 1.82) is 0 Å². The van der Waals surface area contributed by atoms with Crippen molar-refractivity contribution in [1.82, 2.24) is 0 Å². The SMILES string of the molecule is CC1(C)c2cc(N(c3ccccc3)c3ccccc3)ccc2-c2cc3c(cc21)-c1c(cc(N(c2ccccc2)c2ccccc2)c2ccccc12)C3(C)C.c1ccc2cc(-c3c4ccccc4c(-c4ccc(-c5cccc6ccccc56)cc4)c4ccccc34)ccc2c1. The summed E-state index contributed by atoms with van der Waals surface area (Å²) in [4.78, 5) is 4.80. The summed E-state index contributed by atoms with van der Waals surface area (Å²) in [6.45, 7) is 9.64. The van der Waals surface area contributed by atoms with Crippen molar-refractivity contribution >= 4 is 88.0 Å². The van der Waals surface area contributed by atoms with Gasteiger partial charge in [-0.05, 0) is 211 Å². The zero-order valence-corrected chi connectivity index (χ0v) is 53.2. The molecule has 0 radical (unpaired) electrons. The Morgan fingerprint density at radius 2 is 0.606 bits per heavy atom. The number of rotatable bonds is 9. The topological polar surface area (TPSA) is 6.48 Å². The first-order valence-corrected chi connectivity index (χ1v) is 32.9. The Kier molecular flexibility index (Phi) is 13.6. The Labute approximate surface area is 550 Å². The Balaban J connectivity index is 0.000000149. The molecule has 0 unspecified atom stereocenters. The summed E-state index contributed by atoms with van der Waals surface area (Å²) in [7, 11) is 0. The third-order valence-corrected chi connectivity index (χ3v) is 20.2. The Bertz CT molecular complexity index is 5450. The van der Waals surface area contributed by atoms with Crippen LogP contribution in [0.5, 0.6) is 0 Å². The molecule has 0 saturated heterocycles. The molecule has 446 valence electrons. The maximum atomic E-state index is 2.54. The van der Waals surface area contributed by atoms with Crippen LogP contribution < -0.4 is 9.80 Å². The van der Waals surface area contributed by atoms with Crippen LogP contribution in [0.15, 0.2) is 340 Å². The second-order valence-electron chi connectivity index (χ2n) is 26.3. The highest BCUT2D eigenvalue weighted by Gasteiger charge is 2.43. The van der Waals surface area contributed by atoms with E-state index in [1.54, 1.807) is 0 Å². The van der Waals surface area contributed by atoms with Crippen molar-refractivity contribution in [3.8, 4) is 55.6 Å². The van der Waals surface area contributed by atoms with Gasteiger partial charge in [0.1, 0.15) is 0 Å². The highest BCUT2D eigenvalue weighted by Crippen LogP contribution is 2.60. The zero-order chi connectivity index (χ0) is 63.1. The molecule has 16 aromatic rings. The van der Waals surface area contributed by atoms with E-state index >= 15 is 0 Å². The van der Waals surface area contributed by atoms with Crippen LogP contribution in [-0.4, -0.2) is 0 Å². The third-order valence-electron chi connectivity index (χ3n) is 20.2. The number of benzene rings is 16. The molecule has 0 aromatic heterocycles. The highest BCUT2D eigenvalue weighted by atomic mass is 15.1. The first kappa shape index (κ1) is 56.4. The first-order chi connectivity index (χ1) is 46.2. The predicted octanol–water partition coefficient (Wildman–Crippen LogP) is 25.7. The largest absolute Gasteiger partial charge is 0.310 e. The van der Waals surface area contributed by atoms with Gasteiger partial charge in [0.2, 0.25) is 0 Å². The molecule has 0 fully saturated rings. The van der Waals surface area contributed by atoms with Gasteiger partial charge in [0.05, 0.1) is 5.69 Å². The van der Waals surface area contributed by atoms with Gasteiger partial charge in [-0.1, -0.05) is 282 Å². The van der Waals surface area contributed by atoms with Crippen molar-refractivity contribution in [2.45, 2.75) is 38.5 Å². The molecule has 0 atom stereocenters. The molecule has 0 spiro atoms. The number of fused-ring (bicyclic) bond motifs is 12. The summed E-state index contributed by atoms with van der Waals surface area (Å²) < 4.78 is 0. The number of hydrogen-bond donors (Lipinski definition) is 0. The molecule has 2 nitrogen and oxygen atoms in total. The molecule has 0 saturated carbocycles. The van der Waals surface area contributed by atoms with Crippen LogP contribution >= 0.6 is 0 Å². The van der Waals surface area contributed by atoms with Crippen LogP contribution in [0.3, 0.4) is 0 Å². The van der Waals surface area contributed by atoms with Gasteiger partial charge < -0.3 is 9.80 Å². The van der Waals surface area contributed by atoms with Crippen molar-refractivity contribution in [3.05, 3.63) is 362 Å². The van der Waals surface area contributed by atoms with Gasteiger partial charge in [0.25, 0.3) is 0 Å². The number of anilines is 6. The average molecular weight is 1200 g/mol. The standard InChI is InChI=1S/C52H42N2.C40H26/c1-51(2)45-31-39(53(35-19-9-5-10-20-35)36-21-11-6-12-22-36)29-30-40(45)43-32-47-44(33-46(43)51)50-42-28-18-17-27-41(42)49(34-48(50)52(47,3)4)54(37-23-13-7-14-24-37)38-25-15-8-16-26-38;1-2-12-31-26-32(25-20-27(31)10-1)40-37-17-7-5-15-35(37)39(36-16-6-8-18-38(36)40)30-23-21-29(22-24-30)34-19-9-13-28-11-3-4-14-33(28)34/h5-34H,1-4H3;1-26H. The van der Waals surface area contributed by atoms with E-state index in [0.29, 0.717) is 0 Å². The van der Waals surface area contributed by atoms with Crippen LogP contribution in [0.1, 0.15) is 49.9 Å². The lowest BCUT2D eigenvalue weighted by atomic mass is 9.79. The molecule has 0 amide bonds. The fourth-order valence-electron chi connectivity index (χ4n) is 15.7. The summed E-state index contributed by atoms with van der Waals surface area (Å²) in [6.07, 6.45) is 0. The van der Waals surface area contributed by atoms with E-state index in [1.807, 2.05) is 0 Å². The minimum Gasteiger partial charge on any atom is -0.310 e. The van der Waals surface area contributed by atoms with Crippen LogP contribution in [0, 0.1) is 0 Å². The van der Waals surface area contributed by atoms with E-state index in [-0.39, 0.29) is 10.8 Å². The average Bonchev–Trinajstić information content (AvgIpc) is 1.51. The quantitative estimate of drug-likeness (QED) is 0.133.